The average Bonchev–Trinajstić information content (AvgIpc) is 2.65. The van der Waals surface area contributed by atoms with E-state index < -0.39 is 0 Å². The fourth-order valence-corrected chi connectivity index (χ4v) is 0.725. The summed E-state index contributed by atoms with van der Waals surface area (Å²) in [6, 6.07) is 0. The molecule has 0 spiro atoms. The summed E-state index contributed by atoms with van der Waals surface area (Å²) in [4.78, 5) is 2.62. The van der Waals surface area contributed by atoms with Gasteiger partial charge in [0, 0.05) is 18.1 Å². The molecule has 0 aromatic carbocycles. The van der Waals surface area contributed by atoms with E-state index in [1.807, 2.05) is 0 Å². The van der Waals surface area contributed by atoms with Gasteiger partial charge in [-0.3, -0.25) is 0 Å². The molecule has 1 N–H and O–H groups in total. The van der Waals surface area contributed by atoms with Crippen molar-refractivity contribution in [2.24, 2.45) is 10.5 Å². The molecule has 0 saturated heterocycles. The van der Waals surface area contributed by atoms with Crippen LogP contribution in [-0.2, 0) is 0 Å². The number of hydrogen-bond donors (Lipinski definition) is 1. The largest absolute Gasteiger partial charge is 0.396 e. The number of rotatable bonds is 3. The Bertz CT molecular complexity index is 146. The van der Waals surface area contributed by atoms with Gasteiger partial charge in [0.2, 0.25) is 0 Å². The molecule has 0 bridgehead atoms. The summed E-state index contributed by atoms with van der Waals surface area (Å²) in [7, 11) is 0. The molecule has 0 heterocycles. The van der Waals surface area contributed by atoms with Crippen molar-refractivity contribution >= 4 is 0 Å². The van der Waals surface area contributed by atoms with Crippen molar-refractivity contribution in [1.82, 2.24) is 0 Å². The molecule has 1 fully saturated rings. The first-order valence-electron chi connectivity index (χ1n) is 2.95. The highest BCUT2D eigenvalue weighted by Crippen LogP contribution is 2.45. The van der Waals surface area contributed by atoms with E-state index in [2.05, 4.69) is 10.0 Å². The molecule has 1 saturated carbocycles. The maximum atomic E-state index is 8.70. The molecule has 1 rings (SSSR count). The first kappa shape index (κ1) is 6.39. The Hall–Kier alpha value is -0.730. The van der Waals surface area contributed by atoms with Crippen LogP contribution >= 0.6 is 0 Å². The lowest BCUT2D eigenvalue weighted by Gasteiger charge is -2.03. The van der Waals surface area contributed by atoms with Crippen molar-refractivity contribution < 1.29 is 5.11 Å². The highest BCUT2D eigenvalue weighted by Gasteiger charge is 2.40. The summed E-state index contributed by atoms with van der Waals surface area (Å²) in [6.45, 7) is 0.617. The van der Waals surface area contributed by atoms with E-state index >= 15 is 0 Å². The maximum Gasteiger partial charge on any atom is 0.0488 e. The number of aliphatic hydroxyl groups is 1. The van der Waals surface area contributed by atoms with Crippen LogP contribution in [0.25, 0.3) is 10.4 Å². The monoisotopic (exact) mass is 127 g/mol. The Morgan fingerprint density at radius 1 is 1.67 bits per heavy atom. The summed E-state index contributed by atoms with van der Waals surface area (Å²) >= 11 is 0. The van der Waals surface area contributed by atoms with Crippen LogP contribution in [0.4, 0.5) is 0 Å². The summed E-state index contributed by atoms with van der Waals surface area (Å²) in [5.74, 6) is 0. The fourth-order valence-electron chi connectivity index (χ4n) is 0.725. The van der Waals surface area contributed by atoms with E-state index in [1.165, 1.54) is 0 Å². The molecule has 0 amide bonds. The second kappa shape index (κ2) is 2.25. The predicted molar refractivity (Wildman–Crippen MR) is 32.8 cm³/mol. The molecule has 50 valence electrons. The van der Waals surface area contributed by atoms with Gasteiger partial charge < -0.3 is 5.11 Å². The second-order valence-electron chi connectivity index (χ2n) is 2.55. The van der Waals surface area contributed by atoms with Crippen LogP contribution < -0.4 is 0 Å². The lowest BCUT2D eigenvalue weighted by Crippen LogP contribution is -2.09. The first-order chi connectivity index (χ1) is 4.33. The number of azide groups is 1. The molecule has 0 radical (unpaired) electrons. The molecule has 0 aliphatic heterocycles. The van der Waals surface area contributed by atoms with Crippen LogP contribution in [0.5, 0.6) is 0 Å². The smallest absolute Gasteiger partial charge is 0.0488 e. The Morgan fingerprint density at radius 2 is 2.33 bits per heavy atom. The highest BCUT2D eigenvalue weighted by molar-refractivity contribution is 4.94. The molecule has 1 aliphatic carbocycles. The van der Waals surface area contributed by atoms with E-state index in [0.29, 0.717) is 6.54 Å². The van der Waals surface area contributed by atoms with Crippen LogP contribution in [0.3, 0.4) is 0 Å². The molecule has 0 unspecified atom stereocenters. The maximum absolute atomic E-state index is 8.70. The highest BCUT2D eigenvalue weighted by atomic mass is 16.3. The Morgan fingerprint density at radius 3 is 2.67 bits per heavy atom. The van der Waals surface area contributed by atoms with Crippen molar-refractivity contribution in [3.8, 4) is 0 Å². The van der Waals surface area contributed by atoms with Crippen molar-refractivity contribution in [3.05, 3.63) is 10.4 Å². The average molecular weight is 127 g/mol. The summed E-state index contributed by atoms with van der Waals surface area (Å²) in [5.41, 5.74) is 7.91. The zero-order valence-electron chi connectivity index (χ0n) is 5.12. The number of hydrogen-bond acceptors (Lipinski definition) is 2. The normalized spacial score (nSPS) is 20.6. The Balaban J connectivity index is 2.33. The topological polar surface area (TPSA) is 69.0 Å². The third kappa shape index (κ3) is 1.34. The number of nitrogens with zero attached hydrogens (tertiary/aromatic N) is 3. The van der Waals surface area contributed by atoms with Crippen LogP contribution in [0, 0.1) is 5.41 Å². The standard InChI is InChI=1S/C5H9N3O/c6-8-7-3-5(4-9)1-2-5/h9H,1-4H2. The van der Waals surface area contributed by atoms with Gasteiger partial charge in [-0.05, 0) is 23.8 Å². The molecule has 0 aromatic rings. The minimum absolute atomic E-state index is 0.0216. The van der Waals surface area contributed by atoms with Crippen LogP contribution in [-0.4, -0.2) is 18.3 Å². The van der Waals surface area contributed by atoms with Gasteiger partial charge in [-0.1, -0.05) is 5.11 Å². The van der Waals surface area contributed by atoms with Gasteiger partial charge in [0.1, 0.15) is 0 Å². The fraction of sp³-hybridized carbons (Fsp3) is 1.00. The Kier molecular flexibility index (Phi) is 1.60. The zero-order valence-corrected chi connectivity index (χ0v) is 5.12. The third-order valence-electron chi connectivity index (χ3n) is 1.76. The molecule has 0 atom stereocenters. The quantitative estimate of drug-likeness (QED) is 0.344. The molecular formula is C5H9N3O. The minimum Gasteiger partial charge on any atom is -0.396 e. The van der Waals surface area contributed by atoms with Crippen molar-refractivity contribution in [2.75, 3.05) is 13.2 Å². The van der Waals surface area contributed by atoms with E-state index in [0.717, 1.165) is 12.8 Å². The van der Waals surface area contributed by atoms with Crippen LogP contribution in [0.2, 0.25) is 0 Å². The molecule has 4 heteroatoms. The third-order valence-corrected chi connectivity index (χ3v) is 1.76. The van der Waals surface area contributed by atoms with E-state index in [9.17, 15) is 0 Å². The second-order valence-corrected chi connectivity index (χ2v) is 2.55. The summed E-state index contributed by atoms with van der Waals surface area (Å²) in [5, 5.41) is 12.1. The predicted octanol–water partition coefficient (Wildman–Crippen LogP) is 1.07. The van der Waals surface area contributed by atoms with E-state index in [1.54, 1.807) is 0 Å². The lowest BCUT2D eigenvalue weighted by molar-refractivity contribution is 0.216. The zero-order chi connectivity index (χ0) is 6.74. The van der Waals surface area contributed by atoms with Crippen molar-refractivity contribution in [1.29, 1.82) is 0 Å². The molecular weight excluding hydrogens is 118 g/mol. The van der Waals surface area contributed by atoms with Gasteiger partial charge in [0.05, 0.1) is 0 Å². The SMILES string of the molecule is [N-]=[N+]=NCC1(CO)CC1. The van der Waals surface area contributed by atoms with Crippen LogP contribution in [0.1, 0.15) is 12.8 Å². The van der Waals surface area contributed by atoms with Crippen LogP contribution in [0.15, 0.2) is 5.11 Å². The number of aliphatic hydroxyl groups excluding tert-OH is 1. The molecule has 4 nitrogen and oxygen atoms in total. The van der Waals surface area contributed by atoms with Crippen molar-refractivity contribution in [2.45, 2.75) is 12.8 Å². The molecule has 9 heavy (non-hydrogen) atoms. The van der Waals surface area contributed by atoms with E-state index in [4.69, 9.17) is 10.6 Å². The molecule has 0 aromatic heterocycles. The van der Waals surface area contributed by atoms with Crippen molar-refractivity contribution in [3.63, 3.8) is 0 Å². The van der Waals surface area contributed by atoms with Gasteiger partial charge in [0.25, 0.3) is 0 Å². The lowest BCUT2D eigenvalue weighted by atomic mass is 10.1. The van der Waals surface area contributed by atoms with E-state index in [-0.39, 0.29) is 12.0 Å². The van der Waals surface area contributed by atoms with Gasteiger partial charge in [-0.25, -0.2) is 0 Å². The summed E-state index contributed by atoms with van der Waals surface area (Å²) < 4.78 is 0. The van der Waals surface area contributed by atoms with Gasteiger partial charge in [-0.2, -0.15) is 0 Å². The Labute approximate surface area is 53.1 Å². The minimum atomic E-state index is -0.0216. The summed E-state index contributed by atoms with van der Waals surface area (Å²) in [6.07, 6.45) is 2.00. The first-order valence-corrected chi connectivity index (χ1v) is 2.95. The van der Waals surface area contributed by atoms with Gasteiger partial charge >= 0.3 is 0 Å². The van der Waals surface area contributed by atoms with Gasteiger partial charge in [0.15, 0.2) is 0 Å². The molecule has 1 aliphatic rings. The van der Waals surface area contributed by atoms with Gasteiger partial charge in [-0.15, -0.1) is 0 Å².